The van der Waals surface area contributed by atoms with E-state index in [2.05, 4.69) is 33.5 Å². The van der Waals surface area contributed by atoms with E-state index in [1.54, 1.807) is 0 Å². The van der Waals surface area contributed by atoms with Crippen LogP contribution in [-0.2, 0) is 11.3 Å². The van der Waals surface area contributed by atoms with Crippen molar-refractivity contribution in [3.63, 3.8) is 0 Å². The highest BCUT2D eigenvalue weighted by Gasteiger charge is 2.31. The summed E-state index contributed by atoms with van der Waals surface area (Å²) in [5, 5.41) is 0.366. The zero-order chi connectivity index (χ0) is 19.2. The SMILES string of the molecule is CCCSC(=O)OCCN1CC(C)=C2N(Cc3ccc(Cl)nc3)CCN2C1. The summed E-state index contributed by atoms with van der Waals surface area (Å²) in [6.07, 6.45) is 2.83. The van der Waals surface area contributed by atoms with E-state index in [4.69, 9.17) is 16.3 Å². The monoisotopic (exact) mass is 410 g/mol. The van der Waals surface area contributed by atoms with Gasteiger partial charge in [-0.25, -0.2) is 9.78 Å². The smallest absolute Gasteiger partial charge is 0.367 e. The summed E-state index contributed by atoms with van der Waals surface area (Å²) in [6.45, 7) is 10.1. The van der Waals surface area contributed by atoms with Gasteiger partial charge in [-0.05, 0) is 42.3 Å². The van der Waals surface area contributed by atoms with E-state index in [0.717, 1.165) is 51.6 Å². The number of carbonyl (C=O) groups is 1. The fourth-order valence-electron chi connectivity index (χ4n) is 3.54. The minimum absolute atomic E-state index is 0.161. The highest BCUT2D eigenvalue weighted by molar-refractivity contribution is 8.13. The Morgan fingerprint density at radius 3 is 2.96 bits per heavy atom. The van der Waals surface area contributed by atoms with Crippen molar-refractivity contribution in [2.75, 3.05) is 45.2 Å². The molecule has 0 spiro atoms. The van der Waals surface area contributed by atoms with Crippen molar-refractivity contribution >= 4 is 28.7 Å². The molecule has 0 amide bonds. The Hall–Kier alpha value is -1.44. The lowest BCUT2D eigenvalue weighted by Crippen LogP contribution is -2.44. The molecule has 1 aromatic rings. The van der Waals surface area contributed by atoms with E-state index in [1.165, 1.54) is 28.7 Å². The standard InChI is InChI=1S/C19H27ClN4O2S/c1-3-10-27-19(25)26-9-8-22-12-15(2)18-23(6-7-24(18)14-22)13-16-4-5-17(20)21-11-16/h4-5,11H,3,6-10,12-14H2,1-2H3. The van der Waals surface area contributed by atoms with Crippen molar-refractivity contribution in [1.82, 2.24) is 19.7 Å². The first-order valence-electron chi connectivity index (χ1n) is 9.38. The van der Waals surface area contributed by atoms with Crippen LogP contribution in [0.25, 0.3) is 0 Å². The Balaban J connectivity index is 1.52. The number of aromatic nitrogens is 1. The van der Waals surface area contributed by atoms with Gasteiger partial charge in [0.1, 0.15) is 17.6 Å². The normalized spacial score (nSPS) is 17.4. The topological polar surface area (TPSA) is 48.9 Å². The average Bonchev–Trinajstić information content (AvgIpc) is 3.05. The first kappa shape index (κ1) is 20.3. The molecule has 2 aliphatic rings. The van der Waals surface area contributed by atoms with Crippen LogP contribution in [0, 0.1) is 0 Å². The van der Waals surface area contributed by atoms with Crippen LogP contribution in [0.5, 0.6) is 0 Å². The zero-order valence-corrected chi connectivity index (χ0v) is 17.6. The molecule has 0 atom stereocenters. The molecule has 1 saturated heterocycles. The van der Waals surface area contributed by atoms with Gasteiger partial charge in [-0.15, -0.1) is 0 Å². The number of thioether (sulfide) groups is 1. The molecule has 3 heterocycles. The lowest BCUT2D eigenvalue weighted by Gasteiger charge is -2.37. The Morgan fingerprint density at radius 1 is 1.37 bits per heavy atom. The summed E-state index contributed by atoms with van der Waals surface area (Å²) < 4.78 is 5.32. The molecule has 0 saturated carbocycles. The van der Waals surface area contributed by atoms with Gasteiger partial charge >= 0.3 is 5.30 Å². The van der Waals surface area contributed by atoms with Crippen molar-refractivity contribution in [1.29, 1.82) is 0 Å². The zero-order valence-electron chi connectivity index (χ0n) is 16.0. The van der Waals surface area contributed by atoms with Crippen molar-refractivity contribution in [3.8, 4) is 0 Å². The van der Waals surface area contributed by atoms with E-state index >= 15 is 0 Å². The van der Waals surface area contributed by atoms with Gasteiger partial charge < -0.3 is 14.5 Å². The number of carbonyl (C=O) groups excluding carboxylic acids is 1. The van der Waals surface area contributed by atoms with Gasteiger partial charge in [-0.1, -0.05) is 24.6 Å². The van der Waals surface area contributed by atoms with Crippen LogP contribution in [0.2, 0.25) is 5.15 Å². The molecule has 27 heavy (non-hydrogen) atoms. The van der Waals surface area contributed by atoms with Gasteiger partial charge in [0.2, 0.25) is 0 Å². The predicted molar refractivity (Wildman–Crippen MR) is 110 cm³/mol. The molecule has 0 bridgehead atoms. The molecular weight excluding hydrogens is 384 g/mol. The van der Waals surface area contributed by atoms with Crippen molar-refractivity contribution in [2.24, 2.45) is 0 Å². The molecule has 0 radical (unpaired) electrons. The molecule has 0 N–H and O–H groups in total. The lowest BCUT2D eigenvalue weighted by atomic mass is 10.2. The molecule has 148 valence electrons. The number of hydrogen-bond donors (Lipinski definition) is 0. The summed E-state index contributed by atoms with van der Waals surface area (Å²) in [6, 6.07) is 3.88. The molecule has 0 aliphatic carbocycles. The van der Waals surface area contributed by atoms with Crippen LogP contribution in [0.15, 0.2) is 29.7 Å². The van der Waals surface area contributed by atoms with Crippen LogP contribution in [0.3, 0.4) is 0 Å². The molecule has 1 fully saturated rings. The van der Waals surface area contributed by atoms with Gasteiger partial charge in [0.15, 0.2) is 0 Å². The number of halogens is 1. The highest BCUT2D eigenvalue weighted by atomic mass is 35.5. The first-order chi connectivity index (χ1) is 13.1. The van der Waals surface area contributed by atoms with Gasteiger partial charge in [0.25, 0.3) is 0 Å². The molecule has 2 aliphatic heterocycles. The Labute approximate surface area is 170 Å². The van der Waals surface area contributed by atoms with E-state index < -0.39 is 0 Å². The maximum absolute atomic E-state index is 11.6. The van der Waals surface area contributed by atoms with E-state index in [-0.39, 0.29) is 5.30 Å². The van der Waals surface area contributed by atoms with Crippen LogP contribution >= 0.6 is 23.4 Å². The van der Waals surface area contributed by atoms with Crippen LogP contribution in [-0.4, -0.2) is 70.2 Å². The van der Waals surface area contributed by atoms with Crippen molar-refractivity contribution in [3.05, 3.63) is 40.4 Å². The molecule has 8 heteroatoms. The lowest BCUT2D eigenvalue weighted by molar-refractivity contribution is 0.113. The minimum atomic E-state index is -0.161. The predicted octanol–water partition coefficient (Wildman–Crippen LogP) is 3.64. The minimum Gasteiger partial charge on any atom is -0.456 e. The van der Waals surface area contributed by atoms with Gasteiger partial charge in [-0.3, -0.25) is 4.90 Å². The molecule has 6 nitrogen and oxygen atoms in total. The Morgan fingerprint density at radius 2 is 2.22 bits per heavy atom. The summed E-state index contributed by atoms with van der Waals surface area (Å²) in [4.78, 5) is 23.0. The van der Waals surface area contributed by atoms with Crippen LogP contribution in [0.1, 0.15) is 25.8 Å². The summed E-state index contributed by atoms with van der Waals surface area (Å²) >= 11 is 7.15. The Bertz CT molecular complexity index is 683. The van der Waals surface area contributed by atoms with Gasteiger partial charge in [-0.2, -0.15) is 0 Å². The number of rotatable bonds is 7. The maximum Gasteiger partial charge on any atom is 0.367 e. The van der Waals surface area contributed by atoms with Crippen LogP contribution in [0.4, 0.5) is 4.79 Å². The van der Waals surface area contributed by atoms with E-state index in [1.807, 2.05) is 18.3 Å². The van der Waals surface area contributed by atoms with E-state index in [0.29, 0.717) is 11.8 Å². The third-order valence-electron chi connectivity index (χ3n) is 4.67. The number of hydrogen-bond acceptors (Lipinski definition) is 7. The number of pyridine rings is 1. The quantitative estimate of drug-likeness (QED) is 0.502. The summed E-state index contributed by atoms with van der Waals surface area (Å²) in [5.41, 5.74) is 2.52. The number of fused-ring (bicyclic) bond motifs is 1. The molecule has 0 aromatic carbocycles. The highest BCUT2D eigenvalue weighted by Crippen LogP contribution is 2.28. The number of nitrogens with zero attached hydrogens (tertiary/aromatic N) is 4. The Kier molecular flexibility index (Phi) is 7.26. The van der Waals surface area contributed by atoms with Crippen molar-refractivity contribution < 1.29 is 9.53 Å². The van der Waals surface area contributed by atoms with E-state index in [9.17, 15) is 4.79 Å². The second-order valence-electron chi connectivity index (χ2n) is 6.92. The first-order valence-corrected chi connectivity index (χ1v) is 10.7. The van der Waals surface area contributed by atoms with Gasteiger partial charge in [0, 0.05) is 44.7 Å². The molecule has 1 aromatic heterocycles. The van der Waals surface area contributed by atoms with Crippen LogP contribution < -0.4 is 0 Å². The van der Waals surface area contributed by atoms with Gasteiger partial charge in [0.05, 0.1) is 6.67 Å². The summed E-state index contributed by atoms with van der Waals surface area (Å²) in [5.74, 6) is 2.15. The van der Waals surface area contributed by atoms with Crippen molar-refractivity contribution in [2.45, 2.75) is 26.8 Å². The molecular formula is C19H27ClN4O2S. The number of ether oxygens (including phenoxy) is 1. The third kappa shape index (κ3) is 5.53. The second-order valence-corrected chi connectivity index (χ2v) is 8.34. The largest absolute Gasteiger partial charge is 0.456 e. The average molecular weight is 411 g/mol. The molecule has 0 unspecified atom stereocenters. The summed E-state index contributed by atoms with van der Waals surface area (Å²) in [7, 11) is 0. The fourth-order valence-corrected chi connectivity index (χ4v) is 4.19. The third-order valence-corrected chi connectivity index (χ3v) is 5.86. The fraction of sp³-hybridized carbons (Fsp3) is 0.579. The molecule has 3 rings (SSSR count). The maximum atomic E-state index is 11.6. The second kappa shape index (κ2) is 9.66.